The van der Waals surface area contributed by atoms with E-state index in [1.807, 2.05) is 36.4 Å². The maximum absolute atomic E-state index is 12.5. The van der Waals surface area contributed by atoms with Crippen LogP contribution in [0.3, 0.4) is 0 Å². The van der Waals surface area contributed by atoms with Gasteiger partial charge in [-0.25, -0.2) is 13.1 Å². The molecule has 0 aliphatic carbocycles. The van der Waals surface area contributed by atoms with Crippen molar-refractivity contribution >= 4 is 49.0 Å². The summed E-state index contributed by atoms with van der Waals surface area (Å²) in [5, 5.41) is 6.58. The SMILES string of the molecule is O=S(=O)(NCc1cccc(Br)c1)c1ccc(NC(=S)NCc2ccncc2)cc1. The van der Waals surface area contributed by atoms with Crippen LogP contribution in [0.5, 0.6) is 0 Å². The second-order valence-electron chi connectivity index (χ2n) is 6.14. The summed E-state index contributed by atoms with van der Waals surface area (Å²) in [7, 11) is -3.61. The molecule has 6 nitrogen and oxygen atoms in total. The molecule has 0 aliphatic heterocycles. The largest absolute Gasteiger partial charge is 0.358 e. The lowest BCUT2D eigenvalue weighted by Gasteiger charge is -2.12. The smallest absolute Gasteiger partial charge is 0.240 e. The summed E-state index contributed by atoms with van der Waals surface area (Å²) in [6.45, 7) is 0.783. The van der Waals surface area contributed by atoms with E-state index in [2.05, 4.69) is 36.3 Å². The second kappa shape index (κ2) is 9.93. The first-order valence-electron chi connectivity index (χ1n) is 8.70. The molecule has 1 heterocycles. The van der Waals surface area contributed by atoms with Crippen molar-refractivity contribution < 1.29 is 8.42 Å². The van der Waals surface area contributed by atoms with Crippen molar-refractivity contribution in [3.05, 3.63) is 88.7 Å². The highest BCUT2D eigenvalue weighted by Crippen LogP contribution is 2.16. The van der Waals surface area contributed by atoms with Gasteiger partial charge in [0.1, 0.15) is 0 Å². The molecule has 0 spiro atoms. The second-order valence-corrected chi connectivity index (χ2v) is 9.23. The van der Waals surface area contributed by atoms with Crippen molar-refractivity contribution in [3.63, 3.8) is 0 Å². The maximum atomic E-state index is 12.5. The summed E-state index contributed by atoms with van der Waals surface area (Å²) in [4.78, 5) is 4.16. The Morgan fingerprint density at radius 2 is 1.69 bits per heavy atom. The Hall–Kier alpha value is -2.33. The number of hydrogen-bond donors (Lipinski definition) is 3. The van der Waals surface area contributed by atoms with Crippen molar-refractivity contribution in [2.24, 2.45) is 0 Å². The molecule has 0 unspecified atom stereocenters. The van der Waals surface area contributed by atoms with Crippen molar-refractivity contribution in [2.75, 3.05) is 5.32 Å². The van der Waals surface area contributed by atoms with E-state index in [1.54, 1.807) is 24.5 Å². The Morgan fingerprint density at radius 1 is 0.966 bits per heavy atom. The number of benzene rings is 2. The van der Waals surface area contributed by atoms with Crippen LogP contribution >= 0.6 is 28.1 Å². The highest BCUT2D eigenvalue weighted by atomic mass is 79.9. The number of pyridine rings is 1. The summed E-state index contributed by atoms with van der Waals surface area (Å²) in [5.74, 6) is 0. The first kappa shape index (κ1) is 21.4. The lowest BCUT2D eigenvalue weighted by atomic mass is 10.2. The van der Waals surface area contributed by atoms with Crippen LogP contribution in [0.15, 0.2) is 82.4 Å². The van der Waals surface area contributed by atoms with Gasteiger partial charge >= 0.3 is 0 Å². The monoisotopic (exact) mass is 490 g/mol. The third kappa shape index (κ3) is 6.60. The zero-order valence-electron chi connectivity index (χ0n) is 15.3. The van der Waals surface area contributed by atoms with Crippen LogP contribution in [0.4, 0.5) is 5.69 Å². The summed E-state index contributed by atoms with van der Waals surface area (Å²) >= 11 is 8.65. The minimum atomic E-state index is -3.61. The Labute approximate surface area is 183 Å². The van der Waals surface area contributed by atoms with E-state index >= 15 is 0 Å². The standard InChI is InChI=1S/C20H19BrN4O2S2/c21-17-3-1-2-16(12-17)14-24-29(26,27)19-6-4-18(5-7-19)25-20(28)23-13-15-8-10-22-11-9-15/h1-12,24H,13-14H2,(H2,23,25,28). The summed E-state index contributed by atoms with van der Waals surface area (Å²) in [6.07, 6.45) is 3.44. The Kier molecular flexibility index (Phi) is 7.32. The first-order valence-corrected chi connectivity index (χ1v) is 11.4. The third-order valence-corrected chi connectivity index (χ3v) is 6.14. The molecule has 3 aromatic rings. The van der Waals surface area contributed by atoms with Crippen LogP contribution in [-0.4, -0.2) is 18.5 Å². The molecule has 3 rings (SSSR count). The molecule has 3 N–H and O–H groups in total. The van der Waals surface area contributed by atoms with Gasteiger partial charge in [0.2, 0.25) is 10.0 Å². The molecule has 0 aliphatic rings. The quantitative estimate of drug-likeness (QED) is 0.436. The lowest BCUT2D eigenvalue weighted by Crippen LogP contribution is -2.28. The number of rotatable bonds is 7. The molecule has 2 aromatic carbocycles. The van der Waals surface area contributed by atoms with Crippen molar-refractivity contribution in [1.29, 1.82) is 0 Å². The average molecular weight is 491 g/mol. The number of aromatic nitrogens is 1. The van der Waals surface area contributed by atoms with E-state index in [0.717, 1.165) is 15.6 Å². The lowest BCUT2D eigenvalue weighted by molar-refractivity contribution is 0.581. The molecule has 1 aromatic heterocycles. The summed E-state index contributed by atoms with van der Waals surface area (Å²) in [5.41, 5.74) is 2.62. The summed E-state index contributed by atoms with van der Waals surface area (Å²) in [6, 6.07) is 17.7. The van der Waals surface area contributed by atoms with Crippen LogP contribution in [0.2, 0.25) is 0 Å². The van der Waals surface area contributed by atoms with Gasteiger partial charge in [-0.3, -0.25) is 4.98 Å². The molecule has 9 heteroatoms. The number of anilines is 1. The number of thiocarbonyl (C=S) groups is 1. The third-order valence-electron chi connectivity index (χ3n) is 3.98. The van der Waals surface area contributed by atoms with E-state index in [0.29, 0.717) is 17.3 Å². The normalized spacial score (nSPS) is 11.1. The first-order chi connectivity index (χ1) is 13.9. The van der Waals surface area contributed by atoms with E-state index in [4.69, 9.17) is 12.2 Å². The highest BCUT2D eigenvalue weighted by molar-refractivity contribution is 9.10. The van der Waals surface area contributed by atoms with Crippen molar-refractivity contribution in [1.82, 2.24) is 15.0 Å². The van der Waals surface area contributed by atoms with Gasteiger partial charge in [0.25, 0.3) is 0 Å². The molecule has 0 bridgehead atoms. The molecule has 0 amide bonds. The molecule has 0 radical (unpaired) electrons. The molecular weight excluding hydrogens is 472 g/mol. The van der Waals surface area contributed by atoms with E-state index in [1.165, 1.54) is 12.1 Å². The van der Waals surface area contributed by atoms with E-state index < -0.39 is 10.0 Å². The van der Waals surface area contributed by atoms with Gasteiger partial charge in [0.05, 0.1) is 4.90 Å². The number of halogens is 1. The van der Waals surface area contributed by atoms with Crippen molar-refractivity contribution in [2.45, 2.75) is 18.0 Å². The van der Waals surface area contributed by atoms with Crippen LogP contribution in [-0.2, 0) is 23.1 Å². The summed E-state index contributed by atoms with van der Waals surface area (Å²) < 4.78 is 28.5. The van der Waals surface area contributed by atoms with Gasteiger partial charge in [-0.1, -0.05) is 28.1 Å². The fourth-order valence-electron chi connectivity index (χ4n) is 2.48. The zero-order chi connectivity index (χ0) is 20.7. The Bertz CT molecular complexity index is 1080. The van der Waals surface area contributed by atoms with Gasteiger partial charge in [-0.05, 0) is 71.9 Å². The predicted molar refractivity (Wildman–Crippen MR) is 122 cm³/mol. The Balaban J connectivity index is 1.55. The number of sulfonamides is 1. The number of hydrogen-bond acceptors (Lipinski definition) is 4. The molecule has 0 fully saturated rings. The average Bonchev–Trinajstić information content (AvgIpc) is 2.72. The molecule has 29 heavy (non-hydrogen) atoms. The number of nitrogens with zero attached hydrogens (tertiary/aromatic N) is 1. The van der Waals surface area contributed by atoms with E-state index in [-0.39, 0.29) is 11.4 Å². The molecule has 0 saturated heterocycles. The molecular formula is C20H19BrN4O2S2. The van der Waals surface area contributed by atoms with Gasteiger partial charge < -0.3 is 10.6 Å². The minimum Gasteiger partial charge on any atom is -0.358 e. The molecule has 150 valence electrons. The molecule has 0 saturated carbocycles. The zero-order valence-corrected chi connectivity index (χ0v) is 18.5. The predicted octanol–water partition coefficient (Wildman–Crippen LogP) is 3.81. The minimum absolute atomic E-state index is 0.189. The van der Waals surface area contributed by atoms with E-state index in [9.17, 15) is 8.42 Å². The van der Waals surface area contributed by atoms with Gasteiger partial charge in [0.15, 0.2) is 5.11 Å². The Morgan fingerprint density at radius 3 is 2.38 bits per heavy atom. The highest BCUT2D eigenvalue weighted by Gasteiger charge is 2.13. The maximum Gasteiger partial charge on any atom is 0.240 e. The van der Waals surface area contributed by atoms with Gasteiger partial charge in [-0.15, -0.1) is 0 Å². The van der Waals surface area contributed by atoms with Crippen molar-refractivity contribution in [3.8, 4) is 0 Å². The van der Waals surface area contributed by atoms with Crippen LogP contribution in [0.1, 0.15) is 11.1 Å². The van der Waals surface area contributed by atoms with Crippen LogP contribution < -0.4 is 15.4 Å². The van der Waals surface area contributed by atoms with Gasteiger partial charge in [-0.2, -0.15) is 0 Å². The van der Waals surface area contributed by atoms with Crippen LogP contribution in [0, 0.1) is 0 Å². The number of nitrogens with one attached hydrogen (secondary N) is 3. The fourth-order valence-corrected chi connectivity index (χ4v) is 4.14. The van der Waals surface area contributed by atoms with Gasteiger partial charge in [0, 0.05) is 35.6 Å². The topological polar surface area (TPSA) is 83.1 Å². The molecule has 0 atom stereocenters. The van der Waals surface area contributed by atoms with Crippen LogP contribution in [0.25, 0.3) is 0 Å². The fraction of sp³-hybridized carbons (Fsp3) is 0.100.